The van der Waals surface area contributed by atoms with E-state index in [-0.39, 0.29) is 17.6 Å². The zero-order chi connectivity index (χ0) is 43.8. The van der Waals surface area contributed by atoms with Gasteiger partial charge >= 0.3 is 5.97 Å². The molecule has 0 bridgehead atoms. The molecule has 0 aliphatic carbocycles. The summed E-state index contributed by atoms with van der Waals surface area (Å²) in [6.07, 6.45) is 7.39. The number of β-lactam (4-membered cyclic amide) rings is 1. The van der Waals surface area contributed by atoms with Crippen molar-refractivity contribution in [3.05, 3.63) is 144 Å². The number of unbranched alkanes of at least 4 members (excludes halogenated alkanes) is 5. The number of ether oxygens (including phenoxy) is 4. The van der Waals surface area contributed by atoms with E-state index in [1.807, 2.05) is 66.7 Å². The second-order valence-electron chi connectivity index (χ2n) is 15.5. The van der Waals surface area contributed by atoms with Gasteiger partial charge in [0.1, 0.15) is 11.4 Å². The lowest BCUT2D eigenvalue weighted by atomic mass is 9.98. The number of amides is 2. The number of benzene rings is 4. The molecule has 7 rings (SSSR count). The SMILES string of the molecule is C=C1CS[C@@H]2C(NC(=O)C(OCc3ccccc3)c3ccccc3)C(=O)N2C1C(=O)OCC(=O)c1ccccc1.CCCCCCCCS(=O)C(C)Cc1ccc2c(c1)OCO2. The first-order chi connectivity index (χ1) is 30.1. The summed E-state index contributed by atoms with van der Waals surface area (Å²) >= 11 is 1.41. The molecule has 0 aromatic heterocycles. The molecule has 11 nitrogen and oxygen atoms in total. The first-order valence-electron chi connectivity index (χ1n) is 21.3. The van der Waals surface area contributed by atoms with E-state index in [1.165, 1.54) is 54.3 Å². The van der Waals surface area contributed by atoms with Gasteiger partial charge in [-0.15, -0.1) is 11.8 Å². The Morgan fingerprint density at radius 2 is 1.53 bits per heavy atom. The average Bonchev–Trinajstić information content (AvgIpc) is 3.77. The monoisotopic (exact) mass is 880 g/mol. The Balaban J connectivity index is 0.000000246. The second kappa shape index (κ2) is 23.3. The van der Waals surface area contributed by atoms with E-state index in [9.17, 15) is 23.4 Å². The van der Waals surface area contributed by atoms with Crippen LogP contribution in [0.2, 0.25) is 0 Å². The summed E-state index contributed by atoms with van der Waals surface area (Å²) in [7, 11) is -0.743. The topological polar surface area (TPSA) is 138 Å². The van der Waals surface area contributed by atoms with Crippen LogP contribution in [0.1, 0.15) is 85.5 Å². The van der Waals surface area contributed by atoms with Gasteiger partial charge in [0.2, 0.25) is 12.7 Å². The van der Waals surface area contributed by atoms with E-state index in [4.69, 9.17) is 18.9 Å². The Bertz CT molecular complexity index is 2150. The normalized spacial score (nSPS) is 18.9. The van der Waals surface area contributed by atoms with E-state index in [1.54, 1.807) is 42.5 Å². The van der Waals surface area contributed by atoms with Crippen LogP contribution in [0.25, 0.3) is 0 Å². The van der Waals surface area contributed by atoms with Crippen molar-refractivity contribution in [2.75, 3.05) is 24.9 Å². The van der Waals surface area contributed by atoms with Gasteiger partial charge in [0.25, 0.3) is 5.91 Å². The molecular weight excluding hydrogens is 825 g/mol. The molecule has 328 valence electrons. The third kappa shape index (κ3) is 12.4. The molecule has 1 N–H and O–H groups in total. The summed E-state index contributed by atoms with van der Waals surface area (Å²) in [5, 5.41) is 2.55. The summed E-state index contributed by atoms with van der Waals surface area (Å²) < 4.78 is 34.4. The Morgan fingerprint density at radius 1 is 0.871 bits per heavy atom. The fraction of sp³-hybridized carbons (Fsp3) is 0.388. The van der Waals surface area contributed by atoms with E-state index < -0.39 is 58.8 Å². The maximum atomic E-state index is 13.4. The summed E-state index contributed by atoms with van der Waals surface area (Å²) in [5.74, 6) is 0.930. The number of carbonyl (C=O) groups is 4. The van der Waals surface area contributed by atoms with Gasteiger partial charge in [0.15, 0.2) is 36.0 Å². The number of carbonyl (C=O) groups excluding carboxylic acids is 4. The molecule has 6 atom stereocenters. The Morgan fingerprint density at radius 3 is 2.26 bits per heavy atom. The molecule has 0 spiro atoms. The van der Waals surface area contributed by atoms with Gasteiger partial charge in [-0.1, -0.05) is 150 Å². The molecule has 2 fully saturated rings. The van der Waals surface area contributed by atoms with E-state index in [0.29, 0.717) is 29.2 Å². The molecule has 3 aliphatic heterocycles. The highest BCUT2D eigenvalue weighted by Crippen LogP contribution is 2.40. The zero-order valence-electron chi connectivity index (χ0n) is 35.4. The molecule has 3 heterocycles. The van der Waals surface area contributed by atoms with Gasteiger partial charge in [-0.25, -0.2) is 4.79 Å². The van der Waals surface area contributed by atoms with E-state index in [2.05, 4.69) is 25.7 Å². The predicted molar refractivity (Wildman–Crippen MR) is 242 cm³/mol. The van der Waals surface area contributed by atoms with Crippen LogP contribution < -0.4 is 14.8 Å². The number of thioether (sulfide) groups is 1. The van der Waals surface area contributed by atoms with Crippen LogP contribution in [-0.4, -0.2) is 80.3 Å². The molecule has 62 heavy (non-hydrogen) atoms. The lowest BCUT2D eigenvalue weighted by Gasteiger charge is -2.52. The number of Topliss-reactive ketones (excluding diaryl/α,β-unsaturated/α-hetero) is 1. The summed E-state index contributed by atoms with van der Waals surface area (Å²) in [5.41, 5.74) is 3.68. The lowest BCUT2D eigenvalue weighted by Crippen LogP contribution is -2.75. The molecule has 3 aliphatic rings. The van der Waals surface area contributed by atoms with Crippen molar-refractivity contribution in [2.45, 2.75) is 94.2 Å². The summed E-state index contributed by atoms with van der Waals surface area (Å²) in [6.45, 7) is 8.34. The van der Waals surface area contributed by atoms with Gasteiger partial charge in [-0.05, 0) is 47.2 Å². The third-order valence-electron chi connectivity index (χ3n) is 10.9. The lowest BCUT2D eigenvalue weighted by molar-refractivity contribution is -0.163. The standard InChI is InChI=1S/C31H28N2O6S.C18H28O3S/c1-20-19-40-30-25(29(36)33(30)26(20)31(37)39-18-24(34)22-13-7-3-8-14-22)32-28(35)27(23-15-9-4-10-16-23)38-17-21-11-5-2-6-12-21;1-3-4-5-6-7-8-11-22(19)15(2)12-16-9-10-17-18(13-16)21-14-20-17/h2-16,25-27,30H,1,17-19H2,(H,32,35);9-10,13,15H,3-8,11-12,14H2,1-2H3/t25?,26?,27?,30-;/m1./s1. The highest BCUT2D eigenvalue weighted by atomic mass is 32.2. The largest absolute Gasteiger partial charge is 0.455 e. The Kier molecular flexibility index (Phi) is 17.4. The van der Waals surface area contributed by atoms with E-state index in [0.717, 1.165) is 35.7 Å². The van der Waals surface area contributed by atoms with Gasteiger partial charge in [0.05, 0.1) is 6.61 Å². The van der Waals surface area contributed by atoms with Gasteiger partial charge in [0, 0.05) is 33.1 Å². The zero-order valence-corrected chi connectivity index (χ0v) is 37.0. The van der Waals surface area contributed by atoms with Crippen LogP contribution in [-0.2, 0) is 47.7 Å². The molecule has 2 amide bonds. The van der Waals surface area contributed by atoms with Crippen molar-refractivity contribution >= 4 is 46.1 Å². The maximum Gasteiger partial charge on any atom is 0.333 e. The van der Waals surface area contributed by atoms with Crippen molar-refractivity contribution in [1.82, 2.24) is 10.2 Å². The van der Waals surface area contributed by atoms with Crippen molar-refractivity contribution in [3.8, 4) is 11.5 Å². The van der Waals surface area contributed by atoms with Crippen LogP contribution in [0.15, 0.2) is 121 Å². The highest BCUT2D eigenvalue weighted by molar-refractivity contribution is 8.00. The first-order valence-corrected chi connectivity index (χ1v) is 23.7. The molecule has 13 heteroatoms. The van der Waals surface area contributed by atoms with Crippen LogP contribution in [0.3, 0.4) is 0 Å². The summed E-state index contributed by atoms with van der Waals surface area (Å²) in [6, 6.07) is 31.3. The molecule has 0 saturated carbocycles. The van der Waals surface area contributed by atoms with Crippen LogP contribution in [0, 0.1) is 0 Å². The minimum Gasteiger partial charge on any atom is -0.455 e. The average molecular weight is 881 g/mol. The fourth-order valence-electron chi connectivity index (χ4n) is 7.39. The fourth-order valence-corrected chi connectivity index (χ4v) is 9.97. The number of nitrogens with zero attached hydrogens (tertiary/aromatic N) is 1. The van der Waals surface area contributed by atoms with Crippen molar-refractivity contribution < 1.29 is 42.3 Å². The minimum absolute atomic E-state index is 0.191. The number of esters is 1. The minimum atomic E-state index is -1.02. The third-order valence-corrected chi connectivity index (χ3v) is 14.0. The molecule has 5 unspecified atom stereocenters. The van der Waals surface area contributed by atoms with Gasteiger partial charge in [-0.2, -0.15) is 0 Å². The molecule has 4 aromatic carbocycles. The summed E-state index contributed by atoms with van der Waals surface area (Å²) in [4.78, 5) is 53.4. The number of hydrogen-bond acceptors (Lipinski definition) is 10. The maximum absolute atomic E-state index is 13.4. The molecule has 4 aromatic rings. The molecule has 0 radical (unpaired) electrons. The molecular formula is C49H56N2O9S2. The number of fused-ring (bicyclic) bond motifs is 2. The van der Waals surface area contributed by atoms with E-state index >= 15 is 0 Å². The Hall–Kier alpha value is -5.24. The van der Waals surface area contributed by atoms with Crippen molar-refractivity contribution in [3.63, 3.8) is 0 Å². The Labute approximate surface area is 371 Å². The van der Waals surface area contributed by atoms with Gasteiger partial charge < -0.3 is 29.2 Å². The number of rotatable bonds is 20. The number of nitrogens with one attached hydrogen (secondary N) is 1. The highest BCUT2D eigenvalue weighted by Gasteiger charge is 2.57. The van der Waals surface area contributed by atoms with Crippen LogP contribution in [0.5, 0.6) is 11.5 Å². The second-order valence-corrected chi connectivity index (χ2v) is 18.6. The first kappa shape index (κ1) is 46.3. The van der Waals surface area contributed by atoms with Crippen LogP contribution >= 0.6 is 11.8 Å². The van der Waals surface area contributed by atoms with Crippen molar-refractivity contribution in [1.29, 1.82) is 0 Å². The van der Waals surface area contributed by atoms with Crippen LogP contribution in [0.4, 0.5) is 0 Å². The number of hydrogen-bond donors (Lipinski definition) is 1. The van der Waals surface area contributed by atoms with Crippen molar-refractivity contribution in [2.24, 2.45) is 0 Å². The quantitative estimate of drug-likeness (QED) is 0.0305. The van der Waals surface area contributed by atoms with Gasteiger partial charge in [-0.3, -0.25) is 18.6 Å². The molecule has 2 saturated heterocycles. The number of ketones is 1. The smallest absolute Gasteiger partial charge is 0.333 e. The predicted octanol–water partition coefficient (Wildman–Crippen LogP) is 8.15.